The Morgan fingerprint density at radius 1 is 1.44 bits per heavy atom. The van der Waals surface area contributed by atoms with Gasteiger partial charge in [0, 0.05) is 5.25 Å². The second-order valence-electron chi connectivity index (χ2n) is 3.22. The maximum absolute atomic E-state index is 2.33. The van der Waals surface area contributed by atoms with Gasteiger partial charge in [0.1, 0.15) is 0 Å². The summed E-state index contributed by atoms with van der Waals surface area (Å²) < 4.78 is 0. The maximum Gasteiger partial charge on any atom is 0.00670 e. The first-order valence-electron chi connectivity index (χ1n) is 3.57. The zero-order chi connectivity index (χ0) is 7.49. The summed E-state index contributed by atoms with van der Waals surface area (Å²) in [4.78, 5) is 0. The molecule has 0 heterocycles. The first kappa shape index (κ1) is 9.35. The van der Waals surface area contributed by atoms with Crippen LogP contribution in [0.15, 0.2) is 0 Å². The van der Waals surface area contributed by atoms with Gasteiger partial charge in [0.05, 0.1) is 0 Å². The average molecular weight is 146 g/mol. The minimum Gasteiger partial charge on any atom is -0.162 e. The SMILES string of the molecule is CCC(C)(C)C(C)SC. The van der Waals surface area contributed by atoms with E-state index in [-0.39, 0.29) is 0 Å². The van der Waals surface area contributed by atoms with Crippen LogP contribution in [-0.2, 0) is 0 Å². The van der Waals surface area contributed by atoms with Gasteiger partial charge >= 0.3 is 0 Å². The first-order chi connectivity index (χ1) is 4.04. The summed E-state index contributed by atoms with van der Waals surface area (Å²) in [6.07, 6.45) is 3.46. The van der Waals surface area contributed by atoms with Crippen molar-refractivity contribution in [1.82, 2.24) is 0 Å². The molecule has 1 unspecified atom stereocenters. The number of rotatable bonds is 3. The van der Waals surface area contributed by atoms with Crippen LogP contribution in [-0.4, -0.2) is 11.5 Å². The summed E-state index contributed by atoms with van der Waals surface area (Å²) in [7, 11) is 0. The van der Waals surface area contributed by atoms with Gasteiger partial charge in [0.2, 0.25) is 0 Å². The minimum absolute atomic E-state index is 0.513. The van der Waals surface area contributed by atoms with E-state index in [0.29, 0.717) is 5.41 Å². The quantitative estimate of drug-likeness (QED) is 0.589. The lowest BCUT2D eigenvalue weighted by Gasteiger charge is -2.28. The van der Waals surface area contributed by atoms with Crippen LogP contribution < -0.4 is 0 Å². The highest BCUT2D eigenvalue weighted by Crippen LogP contribution is 2.31. The molecule has 0 spiro atoms. The third-order valence-electron chi connectivity index (χ3n) is 2.37. The molecule has 0 bridgehead atoms. The van der Waals surface area contributed by atoms with E-state index in [2.05, 4.69) is 34.0 Å². The Hall–Kier alpha value is 0.350. The third-order valence-corrected chi connectivity index (χ3v) is 3.71. The van der Waals surface area contributed by atoms with E-state index < -0.39 is 0 Å². The second-order valence-corrected chi connectivity index (χ2v) is 4.40. The predicted octanol–water partition coefficient (Wildman–Crippen LogP) is 3.17. The molecular weight excluding hydrogens is 128 g/mol. The van der Waals surface area contributed by atoms with E-state index in [4.69, 9.17) is 0 Å². The highest BCUT2D eigenvalue weighted by molar-refractivity contribution is 7.99. The minimum atomic E-state index is 0.513. The molecule has 0 amide bonds. The van der Waals surface area contributed by atoms with Crippen LogP contribution in [0.3, 0.4) is 0 Å². The molecule has 0 radical (unpaired) electrons. The molecule has 0 aliphatic heterocycles. The number of thioether (sulfide) groups is 1. The topological polar surface area (TPSA) is 0 Å². The van der Waals surface area contributed by atoms with Crippen molar-refractivity contribution < 1.29 is 0 Å². The zero-order valence-corrected chi connectivity index (χ0v) is 8.01. The molecule has 0 saturated carbocycles. The van der Waals surface area contributed by atoms with Crippen LogP contribution in [0.2, 0.25) is 0 Å². The largest absolute Gasteiger partial charge is 0.162 e. The summed E-state index contributed by atoms with van der Waals surface area (Å²) in [5, 5.41) is 0.780. The van der Waals surface area contributed by atoms with Gasteiger partial charge in [-0.25, -0.2) is 0 Å². The van der Waals surface area contributed by atoms with Crippen LogP contribution in [0, 0.1) is 5.41 Å². The zero-order valence-electron chi connectivity index (χ0n) is 7.19. The third kappa shape index (κ3) is 2.61. The van der Waals surface area contributed by atoms with Crippen LogP contribution >= 0.6 is 11.8 Å². The van der Waals surface area contributed by atoms with Crippen LogP contribution in [0.25, 0.3) is 0 Å². The lowest BCUT2D eigenvalue weighted by atomic mass is 9.87. The highest BCUT2D eigenvalue weighted by Gasteiger charge is 2.21. The number of hydrogen-bond acceptors (Lipinski definition) is 1. The Morgan fingerprint density at radius 3 is 2.00 bits per heavy atom. The van der Waals surface area contributed by atoms with E-state index in [9.17, 15) is 0 Å². The lowest BCUT2D eigenvalue weighted by Crippen LogP contribution is -2.22. The van der Waals surface area contributed by atoms with Crippen molar-refractivity contribution in [3.63, 3.8) is 0 Å². The molecule has 0 nitrogen and oxygen atoms in total. The van der Waals surface area contributed by atoms with Gasteiger partial charge in [0.25, 0.3) is 0 Å². The van der Waals surface area contributed by atoms with Crippen molar-refractivity contribution in [2.45, 2.75) is 39.4 Å². The first-order valence-corrected chi connectivity index (χ1v) is 4.86. The molecule has 1 atom stereocenters. The van der Waals surface area contributed by atoms with E-state index in [0.717, 1.165) is 5.25 Å². The Bertz CT molecular complexity index is 76.6. The van der Waals surface area contributed by atoms with Crippen LogP contribution in [0.4, 0.5) is 0 Å². The van der Waals surface area contributed by atoms with Crippen LogP contribution in [0.5, 0.6) is 0 Å². The Balaban J connectivity index is 3.80. The van der Waals surface area contributed by atoms with Gasteiger partial charge in [-0.2, -0.15) is 11.8 Å². The van der Waals surface area contributed by atoms with Crippen LogP contribution in [0.1, 0.15) is 34.1 Å². The molecule has 9 heavy (non-hydrogen) atoms. The van der Waals surface area contributed by atoms with Crippen molar-refractivity contribution >= 4 is 11.8 Å². The fourth-order valence-corrected chi connectivity index (χ4v) is 1.41. The molecule has 0 fully saturated rings. The second kappa shape index (κ2) is 3.50. The van der Waals surface area contributed by atoms with E-state index in [1.54, 1.807) is 0 Å². The molecule has 0 aromatic rings. The van der Waals surface area contributed by atoms with Crippen molar-refractivity contribution in [2.24, 2.45) is 5.41 Å². The number of hydrogen-bond donors (Lipinski definition) is 0. The Labute approximate surface area is 63.4 Å². The van der Waals surface area contributed by atoms with Gasteiger partial charge in [-0.3, -0.25) is 0 Å². The molecule has 0 N–H and O–H groups in total. The van der Waals surface area contributed by atoms with Gasteiger partial charge in [-0.15, -0.1) is 0 Å². The average Bonchev–Trinajstić information content (AvgIpc) is 1.86. The highest BCUT2D eigenvalue weighted by atomic mass is 32.2. The lowest BCUT2D eigenvalue weighted by molar-refractivity contribution is 0.350. The molecule has 1 heteroatoms. The Morgan fingerprint density at radius 2 is 1.89 bits per heavy atom. The smallest absolute Gasteiger partial charge is 0.00670 e. The monoisotopic (exact) mass is 146 g/mol. The summed E-state index contributed by atoms with van der Waals surface area (Å²) in [6.45, 7) is 9.21. The molecule has 0 saturated heterocycles. The summed E-state index contributed by atoms with van der Waals surface area (Å²) in [5.74, 6) is 0. The molecule has 0 aromatic heterocycles. The fourth-order valence-electron chi connectivity index (χ4n) is 0.606. The predicted molar refractivity (Wildman–Crippen MR) is 47.0 cm³/mol. The van der Waals surface area contributed by atoms with E-state index in [1.165, 1.54) is 6.42 Å². The van der Waals surface area contributed by atoms with E-state index >= 15 is 0 Å². The van der Waals surface area contributed by atoms with Crippen molar-refractivity contribution in [1.29, 1.82) is 0 Å². The normalized spacial score (nSPS) is 15.7. The van der Waals surface area contributed by atoms with E-state index in [1.807, 2.05) is 11.8 Å². The molecule has 0 aromatic carbocycles. The van der Waals surface area contributed by atoms with Gasteiger partial charge in [-0.05, 0) is 18.1 Å². The standard InChI is InChI=1S/C8H18S/c1-6-8(3,4)7(2)9-5/h7H,6H2,1-5H3. The van der Waals surface area contributed by atoms with Gasteiger partial charge in [0.15, 0.2) is 0 Å². The molecule has 56 valence electrons. The van der Waals surface area contributed by atoms with Gasteiger partial charge in [-0.1, -0.05) is 27.7 Å². The Kier molecular flexibility index (Phi) is 3.64. The van der Waals surface area contributed by atoms with Crippen molar-refractivity contribution in [3.8, 4) is 0 Å². The molecule has 0 aliphatic rings. The summed E-state index contributed by atoms with van der Waals surface area (Å²) >= 11 is 1.96. The molecular formula is C8H18S. The van der Waals surface area contributed by atoms with Crippen molar-refractivity contribution in [3.05, 3.63) is 0 Å². The summed E-state index contributed by atoms with van der Waals surface area (Å²) in [5.41, 5.74) is 0.513. The fraction of sp³-hybridized carbons (Fsp3) is 1.00. The molecule has 0 rings (SSSR count). The summed E-state index contributed by atoms with van der Waals surface area (Å²) in [6, 6.07) is 0. The van der Waals surface area contributed by atoms with Crippen molar-refractivity contribution in [2.75, 3.05) is 6.26 Å². The van der Waals surface area contributed by atoms with Gasteiger partial charge < -0.3 is 0 Å². The molecule has 0 aliphatic carbocycles. The maximum atomic E-state index is 2.33.